The second-order valence-corrected chi connectivity index (χ2v) is 8.60. The van der Waals surface area contributed by atoms with Crippen LogP contribution in [0.1, 0.15) is 50.9 Å². The van der Waals surface area contributed by atoms with Crippen LogP contribution in [0.25, 0.3) is 0 Å². The molecule has 0 radical (unpaired) electrons. The van der Waals surface area contributed by atoms with Crippen LogP contribution in [0.15, 0.2) is 24.3 Å². The molecule has 0 saturated heterocycles. The summed E-state index contributed by atoms with van der Waals surface area (Å²) in [7, 11) is 3.32. The molecule has 0 atom stereocenters. The van der Waals surface area contributed by atoms with Crippen molar-refractivity contribution in [2.75, 3.05) is 31.3 Å². The summed E-state index contributed by atoms with van der Waals surface area (Å²) in [6, 6.07) is 6.45. The molecule has 0 unspecified atom stereocenters. The van der Waals surface area contributed by atoms with Crippen molar-refractivity contribution in [3.05, 3.63) is 45.8 Å². The Morgan fingerprint density at radius 3 is 2.35 bits per heavy atom. The van der Waals surface area contributed by atoms with Gasteiger partial charge in [0, 0.05) is 37.1 Å². The fraction of sp³-hybridized carbons (Fsp3) is 0.364. The number of anilines is 2. The van der Waals surface area contributed by atoms with Crippen LogP contribution in [0, 0.1) is 0 Å². The van der Waals surface area contributed by atoms with Crippen molar-refractivity contribution in [1.29, 1.82) is 0 Å². The fourth-order valence-corrected chi connectivity index (χ4v) is 4.71. The van der Waals surface area contributed by atoms with Gasteiger partial charge >= 0.3 is 5.97 Å². The number of ether oxygens (including phenoxy) is 1. The van der Waals surface area contributed by atoms with Gasteiger partial charge in [-0.15, -0.1) is 11.3 Å². The lowest BCUT2D eigenvalue weighted by atomic mass is 9.95. The molecule has 1 aromatic heterocycles. The van der Waals surface area contributed by atoms with Crippen molar-refractivity contribution in [2.45, 2.75) is 32.6 Å². The van der Waals surface area contributed by atoms with E-state index in [-0.39, 0.29) is 11.8 Å². The van der Waals surface area contributed by atoms with E-state index in [1.54, 1.807) is 38.4 Å². The quantitative estimate of drug-likeness (QED) is 0.668. The Morgan fingerprint density at radius 2 is 1.71 bits per heavy atom. The third kappa shape index (κ3) is 5.49. The number of thiophene rings is 1. The van der Waals surface area contributed by atoms with Crippen LogP contribution < -0.4 is 10.6 Å². The molecule has 9 heteroatoms. The highest BCUT2D eigenvalue weighted by Crippen LogP contribution is 2.38. The SMILES string of the molecule is CC(=O)Nc1sc2c(c1C(=O)OCC(=O)Nc1ccc(C(=O)N(C)C)cc1)CCCC2. The summed E-state index contributed by atoms with van der Waals surface area (Å²) < 4.78 is 5.25. The van der Waals surface area contributed by atoms with E-state index in [2.05, 4.69) is 10.6 Å². The van der Waals surface area contributed by atoms with E-state index >= 15 is 0 Å². The molecule has 1 aromatic carbocycles. The minimum absolute atomic E-state index is 0.138. The van der Waals surface area contributed by atoms with Crippen LogP contribution in [0.4, 0.5) is 10.7 Å². The maximum Gasteiger partial charge on any atom is 0.341 e. The van der Waals surface area contributed by atoms with E-state index < -0.39 is 18.5 Å². The van der Waals surface area contributed by atoms with Crippen molar-refractivity contribution in [1.82, 2.24) is 4.90 Å². The summed E-state index contributed by atoms with van der Waals surface area (Å²) in [5.74, 6) is -1.52. The Bertz CT molecular complexity index is 1010. The van der Waals surface area contributed by atoms with Gasteiger partial charge in [-0.05, 0) is 55.5 Å². The Kier molecular flexibility index (Phi) is 7.06. The Hall–Kier alpha value is -3.20. The van der Waals surface area contributed by atoms with E-state index in [9.17, 15) is 19.2 Å². The van der Waals surface area contributed by atoms with Gasteiger partial charge in [0.15, 0.2) is 6.61 Å². The Morgan fingerprint density at radius 1 is 1.03 bits per heavy atom. The zero-order valence-electron chi connectivity index (χ0n) is 17.7. The number of aryl methyl sites for hydroxylation is 1. The minimum Gasteiger partial charge on any atom is -0.452 e. The van der Waals surface area contributed by atoms with Gasteiger partial charge in [0.1, 0.15) is 5.00 Å². The first-order valence-corrected chi connectivity index (χ1v) is 10.8. The average molecular weight is 444 g/mol. The highest BCUT2D eigenvalue weighted by atomic mass is 32.1. The minimum atomic E-state index is -0.620. The van der Waals surface area contributed by atoms with Gasteiger partial charge in [0.25, 0.3) is 11.8 Å². The van der Waals surface area contributed by atoms with Gasteiger partial charge in [-0.3, -0.25) is 14.4 Å². The summed E-state index contributed by atoms with van der Waals surface area (Å²) in [6.07, 6.45) is 3.63. The van der Waals surface area contributed by atoms with Crippen LogP contribution in [0.5, 0.6) is 0 Å². The number of benzene rings is 1. The van der Waals surface area contributed by atoms with Crippen molar-refractivity contribution in [3.63, 3.8) is 0 Å². The van der Waals surface area contributed by atoms with Crippen molar-refractivity contribution in [3.8, 4) is 0 Å². The smallest absolute Gasteiger partial charge is 0.341 e. The molecule has 164 valence electrons. The van der Waals surface area contributed by atoms with Crippen LogP contribution >= 0.6 is 11.3 Å². The lowest BCUT2D eigenvalue weighted by Gasteiger charge is -2.13. The van der Waals surface area contributed by atoms with Crippen molar-refractivity contribution < 1.29 is 23.9 Å². The van der Waals surface area contributed by atoms with Crippen LogP contribution in [0.3, 0.4) is 0 Å². The van der Waals surface area contributed by atoms with E-state index in [1.165, 1.54) is 23.2 Å². The molecular weight excluding hydrogens is 418 g/mol. The zero-order chi connectivity index (χ0) is 22.5. The monoisotopic (exact) mass is 443 g/mol. The molecule has 2 N–H and O–H groups in total. The maximum absolute atomic E-state index is 12.7. The molecule has 1 heterocycles. The number of esters is 1. The number of fused-ring (bicyclic) bond motifs is 1. The molecular formula is C22H25N3O5S. The molecule has 31 heavy (non-hydrogen) atoms. The molecule has 3 rings (SSSR count). The molecule has 0 bridgehead atoms. The predicted octanol–water partition coefficient (Wildman–Crippen LogP) is 3.08. The Labute approximate surface area is 184 Å². The number of rotatable bonds is 6. The van der Waals surface area contributed by atoms with E-state index in [4.69, 9.17) is 4.74 Å². The molecule has 0 saturated carbocycles. The lowest BCUT2D eigenvalue weighted by molar-refractivity contribution is -0.119. The van der Waals surface area contributed by atoms with E-state index in [0.29, 0.717) is 21.8 Å². The first-order valence-electron chi connectivity index (χ1n) is 9.97. The first-order chi connectivity index (χ1) is 14.8. The summed E-state index contributed by atoms with van der Waals surface area (Å²) in [5.41, 5.74) is 2.26. The van der Waals surface area contributed by atoms with Crippen molar-refractivity contribution >= 4 is 45.7 Å². The molecule has 0 spiro atoms. The van der Waals surface area contributed by atoms with Gasteiger partial charge in [-0.25, -0.2) is 4.79 Å². The number of hydrogen-bond acceptors (Lipinski definition) is 6. The van der Waals surface area contributed by atoms with Gasteiger partial charge in [0.05, 0.1) is 5.56 Å². The number of carbonyl (C=O) groups excluding carboxylic acids is 4. The van der Waals surface area contributed by atoms with E-state index in [0.717, 1.165) is 36.1 Å². The van der Waals surface area contributed by atoms with Crippen LogP contribution in [-0.2, 0) is 27.2 Å². The van der Waals surface area contributed by atoms with Gasteiger partial charge < -0.3 is 20.3 Å². The van der Waals surface area contributed by atoms with Gasteiger partial charge in [-0.1, -0.05) is 0 Å². The summed E-state index contributed by atoms with van der Waals surface area (Å²) >= 11 is 1.40. The largest absolute Gasteiger partial charge is 0.452 e. The second-order valence-electron chi connectivity index (χ2n) is 7.50. The summed E-state index contributed by atoms with van der Waals surface area (Å²) in [5, 5.41) is 5.83. The molecule has 8 nitrogen and oxygen atoms in total. The number of amides is 3. The normalized spacial score (nSPS) is 12.5. The summed E-state index contributed by atoms with van der Waals surface area (Å²) in [4.78, 5) is 51.0. The molecule has 1 aliphatic carbocycles. The highest BCUT2D eigenvalue weighted by Gasteiger charge is 2.27. The molecule has 2 aromatic rings. The first kappa shape index (κ1) is 22.5. The standard InChI is InChI=1S/C22H25N3O5S/c1-13(26)23-20-19(16-6-4-5-7-17(16)31-20)22(29)30-12-18(27)24-15-10-8-14(9-11-15)21(28)25(2)3/h8-11H,4-7,12H2,1-3H3,(H,23,26)(H,24,27). The van der Waals surface area contributed by atoms with Gasteiger partial charge in [0.2, 0.25) is 5.91 Å². The third-order valence-electron chi connectivity index (χ3n) is 4.82. The maximum atomic E-state index is 12.7. The second kappa shape index (κ2) is 9.74. The lowest BCUT2D eigenvalue weighted by Crippen LogP contribution is -2.23. The average Bonchev–Trinajstić information content (AvgIpc) is 3.09. The Balaban J connectivity index is 1.63. The molecule has 0 fully saturated rings. The number of hydrogen-bond donors (Lipinski definition) is 2. The van der Waals surface area contributed by atoms with E-state index in [1.807, 2.05) is 0 Å². The summed E-state index contributed by atoms with van der Waals surface area (Å²) in [6.45, 7) is 0.931. The number of nitrogens with one attached hydrogen (secondary N) is 2. The van der Waals surface area contributed by atoms with Gasteiger partial charge in [-0.2, -0.15) is 0 Å². The zero-order valence-corrected chi connectivity index (χ0v) is 18.6. The number of carbonyl (C=O) groups is 4. The predicted molar refractivity (Wildman–Crippen MR) is 119 cm³/mol. The topological polar surface area (TPSA) is 105 Å². The molecule has 3 amide bonds. The highest BCUT2D eigenvalue weighted by molar-refractivity contribution is 7.17. The molecule has 1 aliphatic rings. The van der Waals surface area contributed by atoms with Crippen molar-refractivity contribution in [2.24, 2.45) is 0 Å². The van der Waals surface area contributed by atoms with Crippen LogP contribution in [0.2, 0.25) is 0 Å². The number of nitrogens with zero attached hydrogens (tertiary/aromatic N) is 1. The molecule has 0 aliphatic heterocycles. The van der Waals surface area contributed by atoms with Crippen LogP contribution in [-0.4, -0.2) is 49.3 Å². The fourth-order valence-electron chi connectivity index (χ4n) is 3.38. The third-order valence-corrected chi connectivity index (χ3v) is 6.03.